The molecule has 0 radical (unpaired) electrons. The van der Waals surface area contributed by atoms with Gasteiger partial charge in [-0.05, 0) is 31.0 Å². The van der Waals surface area contributed by atoms with Crippen molar-refractivity contribution < 1.29 is 0 Å². The minimum atomic E-state index is 0.470. The fourth-order valence-corrected chi connectivity index (χ4v) is 3.22. The third kappa shape index (κ3) is 6.66. The van der Waals surface area contributed by atoms with E-state index in [1.165, 1.54) is 10.5 Å². The number of guanidine groups is 1. The number of hydrogen-bond acceptors (Lipinski definition) is 3. The van der Waals surface area contributed by atoms with Crippen molar-refractivity contribution in [3.05, 3.63) is 48.3 Å². The van der Waals surface area contributed by atoms with Gasteiger partial charge >= 0.3 is 0 Å². The molecule has 5 nitrogen and oxygen atoms in total. The van der Waals surface area contributed by atoms with Crippen LogP contribution in [0, 0.1) is 6.92 Å². The number of nitrogens with one attached hydrogen (secondary N) is 2. The van der Waals surface area contributed by atoms with Crippen LogP contribution in [0.2, 0.25) is 0 Å². The van der Waals surface area contributed by atoms with E-state index in [-0.39, 0.29) is 0 Å². The maximum Gasteiger partial charge on any atom is 0.191 e. The van der Waals surface area contributed by atoms with Gasteiger partial charge in [-0.15, -0.1) is 11.8 Å². The smallest absolute Gasteiger partial charge is 0.191 e. The van der Waals surface area contributed by atoms with Gasteiger partial charge in [-0.25, -0.2) is 0 Å². The van der Waals surface area contributed by atoms with E-state index in [0.29, 0.717) is 5.25 Å². The van der Waals surface area contributed by atoms with E-state index >= 15 is 0 Å². The number of benzene rings is 1. The van der Waals surface area contributed by atoms with Crippen LogP contribution in [-0.2, 0) is 6.54 Å². The molecule has 1 aromatic carbocycles. The Labute approximate surface area is 148 Å². The lowest BCUT2D eigenvalue weighted by molar-refractivity contribution is 0.570. The van der Waals surface area contributed by atoms with Gasteiger partial charge in [0.1, 0.15) is 0 Å². The minimum Gasteiger partial charge on any atom is -0.356 e. The largest absolute Gasteiger partial charge is 0.356 e. The summed E-state index contributed by atoms with van der Waals surface area (Å²) in [5.74, 6) is 0.854. The molecule has 0 aliphatic heterocycles. The Morgan fingerprint density at radius 3 is 2.75 bits per heavy atom. The molecule has 1 aromatic heterocycles. The normalized spacial score (nSPS) is 12.9. The zero-order valence-electron chi connectivity index (χ0n) is 14.7. The quantitative estimate of drug-likeness (QED) is 0.334. The summed E-state index contributed by atoms with van der Waals surface area (Å²) in [6.07, 6.45) is 4.96. The number of hydrogen-bond donors (Lipinski definition) is 2. The monoisotopic (exact) mass is 345 g/mol. The molecule has 0 bridgehead atoms. The summed E-state index contributed by atoms with van der Waals surface area (Å²) >= 11 is 1.87. The van der Waals surface area contributed by atoms with Crippen LogP contribution in [0.1, 0.15) is 18.9 Å². The van der Waals surface area contributed by atoms with Crippen molar-refractivity contribution in [3.8, 4) is 0 Å². The van der Waals surface area contributed by atoms with Crippen LogP contribution < -0.4 is 10.6 Å². The molecule has 24 heavy (non-hydrogen) atoms. The summed E-state index contributed by atoms with van der Waals surface area (Å²) in [4.78, 5) is 5.57. The molecule has 0 aliphatic rings. The topological polar surface area (TPSA) is 54.2 Å². The first-order valence-electron chi connectivity index (χ1n) is 8.32. The second-order valence-corrected chi connectivity index (χ2v) is 7.27. The highest BCUT2D eigenvalue weighted by molar-refractivity contribution is 8.00. The lowest BCUT2D eigenvalue weighted by atomic mass is 10.4. The Hall–Kier alpha value is -1.95. The average Bonchev–Trinajstić information content (AvgIpc) is 3.00. The zero-order chi connectivity index (χ0) is 17.2. The number of aromatic nitrogens is 2. The summed E-state index contributed by atoms with van der Waals surface area (Å²) in [6, 6.07) is 10.5. The molecular weight excluding hydrogens is 318 g/mol. The van der Waals surface area contributed by atoms with Gasteiger partial charge in [-0.3, -0.25) is 9.67 Å². The van der Waals surface area contributed by atoms with Gasteiger partial charge in [0.2, 0.25) is 0 Å². The molecule has 0 aliphatic carbocycles. The van der Waals surface area contributed by atoms with Crippen LogP contribution in [0.3, 0.4) is 0 Å². The van der Waals surface area contributed by atoms with Gasteiger partial charge in [0.05, 0.1) is 6.20 Å². The van der Waals surface area contributed by atoms with E-state index in [9.17, 15) is 0 Å². The molecule has 0 saturated heterocycles. The Kier molecular flexibility index (Phi) is 7.68. The summed E-state index contributed by atoms with van der Waals surface area (Å²) in [6.45, 7) is 6.94. The van der Waals surface area contributed by atoms with E-state index in [4.69, 9.17) is 0 Å². The number of aliphatic imine (C=N–C) groups is 1. The van der Waals surface area contributed by atoms with Crippen LogP contribution in [0.25, 0.3) is 0 Å². The average molecular weight is 346 g/mol. The molecule has 0 spiro atoms. The van der Waals surface area contributed by atoms with Gasteiger partial charge in [0.25, 0.3) is 0 Å². The second kappa shape index (κ2) is 10.0. The first-order chi connectivity index (χ1) is 11.7. The maximum absolute atomic E-state index is 4.29. The van der Waals surface area contributed by atoms with Crippen LogP contribution in [-0.4, -0.2) is 41.1 Å². The fraction of sp³-hybridized carbons (Fsp3) is 0.444. The lowest BCUT2D eigenvalue weighted by Gasteiger charge is -2.16. The predicted molar refractivity (Wildman–Crippen MR) is 103 cm³/mol. The summed E-state index contributed by atoms with van der Waals surface area (Å²) in [5, 5.41) is 11.5. The van der Waals surface area contributed by atoms with Gasteiger partial charge in [0.15, 0.2) is 5.96 Å². The second-order valence-electron chi connectivity index (χ2n) is 5.76. The Balaban J connectivity index is 1.63. The van der Waals surface area contributed by atoms with Crippen LogP contribution >= 0.6 is 11.8 Å². The standard InChI is InChI=1S/C18H27N5S/c1-15-12-22-23(14-15)11-7-10-20-18(19-3)21-13-16(2)24-17-8-5-4-6-9-17/h4-6,8-9,12,14,16H,7,10-11,13H2,1-3H3,(H2,19,20,21). The molecule has 1 heterocycles. The van der Waals surface area contributed by atoms with Gasteiger partial charge in [-0.2, -0.15) is 5.10 Å². The van der Waals surface area contributed by atoms with Crippen LogP contribution in [0.4, 0.5) is 0 Å². The molecule has 0 fully saturated rings. The highest BCUT2D eigenvalue weighted by Gasteiger charge is 2.05. The SMILES string of the molecule is CN=C(NCCCn1cc(C)cn1)NCC(C)Sc1ccccc1. The third-order valence-electron chi connectivity index (χ3n) is 3.48. The maximum atomic E-state index is 4.29. The van der Waals surface area contributed by atoms with Crippen molar-refractivity contribution in [1.29, 1.82) is 0 Å². The molecule has 0 amide bonds. The van der Waals surface area contributed by atoms with Gasteiger partial charge in [-0.1, -0.05) is 25.1 Å². The molecule has 0 saturated carbocycles. The molecular formula is C18H27N5S. The molecule has 2 rings (SSSR count). The van der Waals surface area contributed by atoms with E-state index < -0.39 is 0 Å². The Bertz CT molecular complexity index is 623. The third-order valence-corrected chi connectivity index (χ3v) is 4.59. The summed E-state index contributed by atoms with van der Waals surface area (Å²) in [7, 11) is 1.81. The number of nitrogens with zero attached hydrogens (tertiary/aromatic N) is 3. The van der Waals surface area contributed by atoms with Crippen LogP contribution in [0.5, 0.6) is 0 Å². The van der Waals surface area contributed by atoms with Crippen molar-refractivity contribution in [2.45, 2.75) is 37.0 Å². The van der Waals surface area contributed by atoms with Crippen molar-refractivity contribution in [1.82, 2.24) is 20.4 Å². The van der Waals surface area contributed by atoms with Crippen molar-refractivity contribution in [2.75, 3.05) is 20.1 Å². The number of aryl methyl sites for hydroxylation is 2. The molecule has 1 atom stereocenters. The summed E-state index contributed by atoms with van der Waals surface area (Å²) < 4.78 is 1.98. The molecule has 130 valence electrons. The zero-order valence-corrected chi connectivity index (χ0v) is 15.5. The lowest BCUT2D eigenvalue weighted by Crippen LogP contribution is -2.40. The highest BCUT2D eigenvalue weighted by atomic mass is 32.2. The van der Waals surface area contributed by atoms with E-state index in [0.717, 1.165) is 32.0 Å². The first kappa shape index (κ1) is 18.4. The van der Waals surface area contributed by atoms with E-state index in [1.807, 2.05) is 28.7 Å². The Morgan fingerprint density at radius 1 is 1.29 bits per heavy atom. The Morgan fingerprint density at radius 2 is 2.08 bits per heavy atom. The van der Waals surface area contributed by atoms with Crippen molar-refractivity contribution in [2.24, 2.45) is 4.99 Å². The van der Waals surface area contributed by atoms with Gasteiger partial charge < -0.3 is 10.6 Å². The molecule has 6 heteroatoms. The van der Waals surface area contributed by atoms with E-state index in [2.05, 4.69) is 65.0 Å². The number of rotatable bonds is 8. The molecule has 1 unspecified atom stereocenters. The molecule has 2 N–H and O–H groups in total. The minimum absolute atomic E-state index is 0.470. The number of thioether (sulfide) groups is 1. The van der Waals surface area contributed by atoms with Crippen LogP contribution in [0.15, 0.2) is 52.6 Å². The van der Waals surface area contributed by atoms with Gasteiger partial charge in [0, 0.05) is 43.0 Å². The van der Waals surface area contributed by atoms with Crippen molar-refractivity contribution >= 4 is 17.7 Å². The van der Waals surface area contributed by atoms with E-state index in [1.54, 1.807) is 7.05 Å². The fourth-order valence-electron chi connectivity index (χ4n) is 2.27. The van der Waals surface area contributed by atoms with Crippen molar-refractivity contribution in [3.63, 3.8) is 0 Å². The predicted octanol–water partition coefficient (Wildman–Crippen LogP) is 2.93. The summed E-state index contributed by atoms with van der Waals surface area (Å²) in [5.41, 5.74) is 1.20. The molecule has 2 aromatic rings. The highest BCUT2D eigenvalue weighted by Crippen LogP contribution is 2.21. The first-order valence-corrected chi connectivity index (χ1v) is 9.20.